The second kappa shape index (κ2) is 5.90. The summed E-state index contributed by atoms with van der Waals surface area (Å²) >= 11 is 0. The van der Waals surface area contributed by atoms with Crippen molar-refractivity contribution in [3.8, 4) is 0 Å². The number of piperidine rings is 1. The summed E-state index contributed by atoms with van der Waals surface area (Å²) in [6.45, 7) is 1.57. The van der Waals surface area contributed by atoms with Gasteiger partial charge in [0.05, 0.1) is 0 Å². The Bertz CT molecular complexity index is 656. The van der Waals surface area contributed by atoms with Gasteiger partial charge in [-0.2, -0.15) is 0 Å². The lowest BCUT2D eigenvalue weighted by molar-refractivity contribution is 0.521. The summed E-state index contributed by atoms with van der Waals surface area (Å²) < 4.78 is 1.56. The van der Waals surface area contributed by atoms with Crippen LogP contribution in [0.15, 0.2) is 35.6 Å². The number of anilines is 2. The molecule has 1 atom stereocenters. The molecule has 1 aliphatic rings. The van der Waals surface area contributed by atoms with E-state index in [9.17, 15) is 4.79 Å². The number of aromatic nitrogens is 4. The van der Waals surface area contributed by atoms with Crippen LogP contribution in [-0.2, 0) is 7.05 Å². The fourth-order valence-electron chi connectivity index (χ4n) is 2.55. The quantitative estimate of drug-likeness (QED) is 0.893. The number of nitrogens with zero attached hydrogens (tertiary/aromatic N) is 5. The Morgan fingerprint density at radius 2 is 2.05 bits per heavy atom. The maximum atomic E-state index is 12.1. The predicted octanol–water partition coefficient (Wildman–Crippen LogP) is 0.651. The zero-order chi connectivity index (χ0) is 14.7. The molecule has 7 nitrogen and oxygen atoms in total. The standard InChI is InChI=1S/C14H18N6O/c1-19-9-7-15-12(13(19)21)20-8-2-4-11(10-20)18-14-16-5-3-6-17-14/h3,5-7,9,11H,2,4,8,10H2,1H3,(H,16,17,18)/t11-/m0/s1. The van der Waals surface area contributed by atoms with E-state index in [1.807, 2.05) is 4.90 Å². The van der Waals surface area contributed by atoms with Crippen molar-refractivity contribution in [1.29, 1.82) is 0 Å². The van der Waals surface area contributed by atoms with Gasteiger partial charge in [-0.3, -0.25) is 4.79 Å². The van der Waals surface area contributed by atoms with Crippen LogP contribution >= 0.6 is 0 Å². The summed E-state index contributed by atoms with van der Waals surface area (Å²) in [6, 6.07) is 2.00. The lowest BCUT2D eigenvalue weighted by Crippen LogP contribution is -2.45. The first-order chi connectivity index (χ1) is 10.2. The lowest BCUT2D eigenvalue weighted by atomic mass is 10.1. The number of rotatable bonds is 3. The molecule has 2 aromatic heterocycles. The molecule has 1 N–H and O–H groups in total. The van der Waals surface area contributed by atoms with E-state index in [4.69, 9.17) is 0 Å². The molecule has 0 unspecified atom stereocenters. The van der Waals surface area contributed by atoms with Crippen molar-refractivity contribution >= 4 is 11.8 Å². The van der Waals surface area contributed by atoms with E-state index >= 15 is 0 Å². The third-order valence-corrected chi connectivity index (χ3v) is 3.62. The minimum absolute atomic E-state index is 0.0610. The Kier molecular flexibility index (Phi) is 3.81. The van der Waals surface area contributed by atoms with Crippen LogP contribution in [-0.4, -0.2) is 38.7 Å². The van der Waals surface area contributed by atoms with Gasteiger partial charge in [0.2, 0.25) is 5.95 Å². The maximum absolute atomic E-state index is 12.1. The molecule has 0 aliphatic carbocycles. The van der Waals surface area contributed by atoms with Crippen molar-refractivity contribution in [2.75, 3.05) is 23.3 Å². The minimum atomic E-state index is -0.0610. The van der Waals surface area contributed by atoms with Gasteiger partial charge in [0.25, 0.3) is 5.56 Å². The van der Waals surface area contributed by atoms with Crippen molar-refractivity contribution in [3.05, 3.63) is 41.2 Å². The molecule has 0 bridgehead atoms. The van der Waals surface area contributed by atoms with Crippen molar-refractivity contribution in [3.63, 3.8) is 0 Å². The molecule has 1 aliphatic heterocycles. The van der Waals surface area contributed by atoms with E-state index in [1.165, 1.54) is 0 Å². The van der Waals surface area contributed by atoms with Gasteiger partial charge in [-0.25, -0.2) is 15.0 Å². The summed E-state index contributed by atoms with van der Waals surface area (Å²) in [4.78, 5) is 26.8. The second-order valence-electron chi connectivity index (χ2n) is 5.17. The number of hydrogen-bond acceptors (Lipinski definition) is 6. The molecule has 0 aromatic carbocycles. The summed E-state index contributed by atoms with van der Waals surface area (Å²) in [5.41, 5.74) is -0.0610. The van der Waals surface area contributed by atoms with Crippen molar-refractivity contribution in [2.24, 2.45) is 7.05 Å². The topological polar surface area (TPSA) is 75.9 Å². The molecule has 3 rings (SSSR count). The van der Waals surface area contributed by atoms with Crippen LogP contribution in [0.5, 0.6) is 0 Å². The third kappa shape index (κ3) is 3.01. The summed E-state index contributed by atoms with van der Waals surface area (Å²) in [5, 5.41) is 3.31. The molecule has 21 heavy (non-hydrogen) atoms. The summed E-state index contributed by atoms with van der Waals surface area (Å²) in [5.74, 6) is 1.14. The van der Waals surface area contributed by atoms with Gasteiger partial charge in [0, 0.05) is 51.0 Å². The summed E-state index contributed by atoms with van der Waals surface area (Å²) in [6.07, 6.45) is 8.79. The SMILES string of the molecule is Cn1ccnc(N2CCC[C@H](Nc3ncccn3)C2)c1=O. The number of hydrogen-bond donors (Lipinski definition) is 1. The monoisotopic (exact) mass is 286 g/mol. The molecule has 7 heteroatoms. The molecule has 2 aromatic rings. The molecule has 0 saturated carbocycles. The van der Waals surface area contributed by atoms with Crippen LogP contribution in [0.3, 0.4) is 0 Å². The number of aryl methyl sites for hydroxylation is 1. The zero-order valence-electron chi connectivity index (χ0n) is 11.9. The van der Waals surface area contributed by atoms with E-state index in [0.717, 1.165) is 25.9 Å². The highest BCUT2D eigenvalue weighted by molar-refractivity contribution is 5.38. The Morgan fingerprint density at radius 3 is 2.86 bits per heavy atom. The highest BCUT2D eigenvalue weighted by Crippen LogP contribution is 2.16. The molecule has 1 fully saturated rings. The average Bonchev–Trinajstić information content (AvgIpc) is 2.51. The fourth-order valence-corrected chi connectivity index (χ4v) is 2.55. The van der Waals surface area contributed by atoms with Crippen molar-refractivity contribution in [1.82, 2.24) is 19.5 Å². The first-order valence-corrected chi connectivity index (χ1v) is 7.04. The van der Waals surface area contributed by atoms with Gasteiger partial charge in [0.15, 0.2) is 5.82 Å². The van der Waals surface area contributed by atoms with E-state index in [1.54, 1.807) is 42.5 Å². The normalized spacial score (nSPS) is 18.5. The van der Waals surface area contributed by atoms with E-state index in [-0.39, 0.29) is 11.6 Å². The van der Waals surface area contributed by atoms with E-state index < -0.39 is 0 Å². The Hall–Kier alpha value is -2.44. The second-order valence-corrected chi connectivity index (χ2v) is 5.17. The largest absolute Gasteiger partial charge is 0.350 e. The minimum Gasteiger partial charge on any atom is -0.350 e. The summed E-state index contributed by atoms with van der Waals surface area (Å²) in [7, 11) is 1.74. The fraction of sp³-hybridized carbons (Fsp3) is 0.429. The van der Waals surface area contributed by atoms with Gasteiger partial charge in [-0.1, -0.05) is 0 Å². The van der Waals surface area contributed by atoms with E-state index in [0.29, 0.717) is 11.8 Å². The van der Waals surface area contributed by atoms with Gasteiger partial charge in [0.1, 0.15) is 0 Å². The highest BCUT2D eigenvalue weighted by atomic mass is 16.1. The van der Waals surface area contributed by atoms with E-state index in [2.05, 4.69) is 20.3 Å². The Balaban J connectivity index is 1.74. The molecule has 0 spiro atoms. The van der Waals surface area contributed by atoms with Gasteiger partial charge < -0.3 is 14.8 Å². The average molecular weight is 286 g/mol. The van der Waals surface area contributed by atoms with Crippen LogP contribution in [0.2, 0.25) is 0 Å². The Labute approximate surface area is 122 Å². The number of nitrogens with one attached hydrogen (secondary N) is 1. The predicted molar refractivity (Wildman–Crippen MR) is 80.4 cm³/mol. The Morgan fingerprint density at radius 1 is 1.24 bits per heavy atom. The molecule has 110 valence electrons. The van der Waals surface area contributed by atoms with Crippen LogP contribution in [0, 0.1) is 0 Å². The van der Waals surface area contributed by atoms with Crippen molar-refractivity contribution in [2.45, 2.75) is 18.9 Å². The first-order valence-electron chi connectivity index (χ1n) is 7.04. The zero-order valence-corrected chi connectivity index (χ0v) is 11.9. The van der Waals surface area contributed by atoms with Gasteiger partial charge >= 0.3 is 0 Å². The lowest BCUT2D eigenvalue weighted by Gasteiger charge is -2.33. The third-order valence-electron chi connectivity index (χ3n) is 3.62. The van der Waals surface area contributed by atoms with Crippen LogP contribution in [0.1, 0.15) is 12.8 Å². The van der Waals surface area contributed by atoms with Gasteiger partial charge in [-0.05, 0) is 18.9 Å². The molecular weight excluding hydrogens is 268 g/mol. The van der Waals surface area contributed by atoms with Gasteiger partial charge in [-0.15, -0.1) is 0 Å². The first kappa shape index (κ1) is 13.5. The maximum Gasteiger partial charge on any atom is 0.293 e. The van der Waals surface area contributed by atoms with Crippen LogP contribution in [0.4, 0.5) is 11.8 Å². The molecule has 0 amide bonds. The van der Waals surface area contributed by atoms with Crippen LogP contribution < -0.4 is 15.8 Å². The highest BCUT2D eigenvalue weighted by Gasteiger charge is 2.23. The van der Waals surface area contributed by atoms with Crippen LogP contribution in [0.25, 0.3) is 0 Å². The molecule has 1 saturated heterocycles. The molecule has 0 radical (unpaired) electrons. The van der Waals surface area contributed by atoms with Crippen molar-refractivity contribution < 1.29 is 0 Å². The molecule has 3 heterocycles. The smallest absolute Gasteiger partial charge is 0.293 e. The molecular formula is C14H18N6O.